The van der Waals surface area contributed by atoms with Crippen molar-refractivity contribution in [3.05, 3.63) is 57.1 Å². The van der Waals surface area contributed by atoms with Gasteiger partial charge in [-0.1, -0.05) is 22.8 Å². The van der Waals surface area contributed by atoms with E-state index in [-0.39, 0.29) is 52.7 Å². The summed E-state index contributed by atoms with van der Waals surface area (Å²) in [6.45, 7) is 13.3. The first kappa shape index (κ1) is 34.3. The summed E-state index contributed by atoms with van der Waals surface area (Å²) in [5.74, 6) is -0.330. The van der Waals surface area contributed by atoms with Crippen LogP contribution in [0.4, 0.5) is 0 Å². The number of allylic oxidation sites excluding steroid dienone is 5. The smallest absolute Gasteiger partial charge is 0.228 e. The highest BCUT2D eigenvalue weighted by molar-refractivity contribution is 6.23. The number of carbonyl (C=O) groups excluding carboxylic acids is 2. The van der Waals surface area contributed by atoms with E-state index >= 15 is 0 Å². The molecule has 0 radical (unpaired) electrons. The van der Waals surface area contributed by atoms with Gasteiger partial charge in [0.1, 0.15) is 0 Å². The summed E-state index contributed by atoms with van der Waals surface area (Å²) in [7, 11) is 5.52. The molecule has 0 spiro atoms. The van der Waals surface area contributed by atoms with Crippen molar-refractivity contribution in [3.63, 3.8) is 0 Å². The van der Waals surface area contributed by atoms with Crippen molar-refractivity contribution >= 4 is 11.6 Å². The molecule has 0 saturated carbocycles. The second-order valence-electron chi connectivity index (χ2n) is 8.88. The van der Waals surface area contributed by atoms with Crippen LogP contribution < -0.4 is 9.47 Å². The maximum absolute atomic E-state index is 12.3. The molecule has 1 aromatic carbocycles. The number of phenols is 2. The minimum Gasteiger partial charge on any atom is -0.504 e. The number of Topliss-reactive ketones (excluding diaryl/α,β-unsaturated/α-hetero) is 2. The zero-order valence-electron chi connectivity index (χ0n) is 24.4. The molecule has 0 unspecified atom stereocenters. The average molecular weight is 535 g/mol. The highest BCUT2D eigenvalue weighted by atomic mass is 16.5. The van der Waals surface area contributed by atoms with Crippen LogP contribution in [0.5, 0.6) is 23.0 Å². The number of carbonyl (C=O) groups is 2. The Balaban J connectivity index is 0.000000620. The molecule has 0 aromatic heterocycles. The van der Waals surface area contributed by atoms with Crippen molar-refractivity contribution in [1.29, 1.82) is 0 Å². The number of benzene rings is 1. The molecule has 1 aliphatic carbocycles. The first-order valence-corrected chi connectivity index (χ1v) is 11.9. The number of aliphatic hydroxyl groups excluding tert-OH is 1. The minimum absolute atomic E-state index is 0.00495. The zero-order chi connectivity index (χ0) is 29.7. The fourth-order valence-corrected chi connectivity index (χ4v) is 3.16. The molecule has 0 amide bonds. The van der Waals surface area contributed by atoms with Crippen LogP contribution >= 0.6 is 0 Å². The molecular formula is C29H42O9. The molecule has 38 heavy (non-hydrogen) atoms. The Morgan fingerprint density at radius 3 is 1.68 bits per heavy atom. The van der Waals surface area contributed by atoms with E-state index in [1.54, 1.807) is 19.9 Å². The number of aromatic hydroxyl groups is 2. The third kappa shape index (κ3) is 8.99. The predicted octanol–water partition coefficient (Wildman–Crippen LogP) is 5.07. The summed E-state index contributed by atoms with van der Waals surface area (Å²) in [5.41, 5.74) is 4.84. The van der Waals surface area contributed by atoms with E-state index in [4.69, 9.17) is 24.1 Å². The van der Waals surface area contributed by atoms with Crippen LogP contribution in [-0.4, -0.2) is 61.9 Å². The Morgan fingerprint density at radius 1 is 0.816 bits per heavy atom. The van der Waals surface area contributed by atoms with E-state index in [1.165, 1.54) is 34.5 Å². The van der Waals surface area contributed by atoms with Gasteiger partial charge < -0.3 is 34.3 Å². The molecule has 1 aliphatic rings. The van der Waals surface area contributed by atoms with Gasteiger partial charge in [0.25, 0.3) is 0 Å². The lowest BCUT2D eigenvalue weighted by Gasteiger charge is -2.20. The van der Waals surface area contributed by atoms with Crippen LogP contribution in [0.2, 0.25) is 0 Å². The number of ether oxygens (including phenoxy) is 4. The lowest BCUT2D eigenvalue weighted by molar-refractivity contribution is -0.121. The topological polar surface area (TPSA) is 132 Å². The second-order valence-corrected chi connectivity index (χ2v) is 8.88. The first-order chi connectivity index (χ1) is 17.7. The van der Waals surface area contributed by atoms with E-state index in [0.717, 1.165) is 16.7 Å². The van der Waals surface area contributed by atoms with Crippen molar-refractivity contribution in [1.82, 2.24) is 0 Å². The third-order valence-corrected chi connectivity index (χ3v) is 5.68. The Hall–Kier alpha value is -3.72. The van der Waals surface area contributed by atoms with Gasteiger partial charge >= 0.3 is 0 Å². The van der Waals surface area contributed by atoms with Gasteiger partial charge in [-0.15, -0.1) is 0 Å². The summed E-state index contributed by atoms with van der Waals surface area (Å²) in [6.07, 6.45) is 2.22. The van der Waals surface area contributed by atoms with E-state index < -0.39 is 0 Å². The molecule has 0 heterocycles. The van der Waals surface area contributed by atoms with Crippen LogP contribution in [0.1, 0.15) is 53.5 Å². The molecule has 0 atom stereocenters. The zero-order valence-corrected chi connectivity index (χ0v) is 24.4. The molecule has 9 nitrogen and oxygen atoms in total. The van der Waals surface area contributed by atoms with Gasteiger partial charge in [-0.3, -0.25) is 9.59 Å². The van der Waals surface area contributed by atoms with Crippen molar-refractivity contribution in [2.75, 3.05) is 35.0 Å². The number of aryl methyl sites for hydroxylation is 1. The first-order valence-electron chi connectivity index (χ1n) is 11.9. The molecule has 0 aliphatic heterocycles. The molecule has 1 aromatic rings. The van der Waals surface area contributed by atoms with Gasteiger partial charge in [-0.2, -0.15) is 0 Å². The molecule has 9 heteroatoms. The average Bonchev–Trinajstić information content (AvgIpc) is 2.86. The summed E-state index contributed by atoms with van der Waals surface area (Å²) >= 11 is 0. The van der Waals surface area contributed by atoms with Gasteiger partial charge in [0.05, 0.1) is 35.0 Å². The van der Waals surface area contributed by atoms with Gasteiger partial charge in [-0.25, -0.2) is 0 Å². The Bertz CT molecular complexity index is 1130. The van der Waals surface area contributed by atoms with Gasteiger partial charge in [-0.05, 0) is 66.5 Å². The number of rotatable bonds is 7. The third-order valence-electron chi connectivity index (χ3n) is 5.68. The van der Waals surface area contributed by atoms with Crippen molar-refractivity contribution in [3.8, 4) is 23.0 Å². The highest BCUT2D eigenvalue weighted by Crippen LogP contribution is 2.44. The largest absolute Gasteiger partial charge is 0.504 e. The molecule has 212 valence electrons. The van der Waals surface area contributed by atoms with Crippen molar-refractivity contribution in [2.45, 2.75) is 54.9 Å². The van der Waals surface area contributed by atoms with Crippen molar-refractivity contribution in [2.24, 2.45) is 0 Å². The minimum atomic E-state index is -0.282. The molecule has 2 rings (SSSR count). The summed E-state index contributed by atoms with van der Waals surface area (Å²) < 4.78 is 19.8. The van der Waals surface area contributed by atoms with Crippen LogP contribution in [-0.2, 0) is 19.1 Å². The standard InChI is InChI=1S/C15H20O4.C9H12O4.C5H10O/c1-8(2)9(3)7-11-10(4)12(16)14(18-5)15(19-6)13(11)17;1-5-4-6(10)8(12-2)9(13-3)7(5)11;1-5(2)3-4-6/h7H2,1-6H3;4,10-11H,1-3H3;3,6H,4H2,1-2H3. The normalized spacial score (nSPS) is 12.5. The molecule has 3 N–H and O–H groups in total. The number of aliphatic hydroxyl groups is 1. The van der Waals surface area contributed by atoms with Crippen LogP contribution in [0.15, 0.2) is 51.5 Å². The van der Waals surface area contributed by atoms with Gasteiger partial charge in [0, 0.05) is 11.1 Å². The van der Waals surface area contributed by atoms with E-state index in [9.17, 15) is 19.8 Å². The quantitative estimate of drug-likeness (QED) is 0.249. The molecule has 0 fully saturated rings. The number of hydrogen-bond donors (Lipinski definition) is 3. The van der Waals surface area contributed by atoms with Crippen LogP contribution in [0.3, 0.4) is 0 Å². The van der Waals surface area contributed by atoms with Crippen LogP contribution in [0.25, 0.3) is 0 Å². The Morgan fingerprint density at radius 2 is 1.32 bits per heavy atom. The van der Waals surface area contributed by atoms with Crippen molar-refractivity contribution < 1.29 is 43.9 Å². The maximum Gasteiger partial charge on any atom is 0.228 e. The highest BCUT2D eigenvalue weighted by Gasteiger charge is 2.34. The molecule has 0 saturated heterocycles. The molecule has 0 bridgehead atoms. The summed E-state index contributed by atoms with van der Waals surface area (Å²) in [6, 6.07) is 1.41. The fourth-order valence-electron chi connectivity index (χ4n) is 3.16. The number of ketones is 2. The summed E-state index contributed by atoms with van der Waals surface area (Å²) in [4.78, 5) is 24.5. The number of phenolic OH excluding ortho intramolecular Hbond substituents is 2. The SMILES string of the molecule is CC(C)=CCO.COC1=C(OC)C(=O)C(CC(C)=C(C)C)=C(C)C1=O.COc1c(O)cc(C)c(O)c1OC. The lowest BCUT2D eigenvalue weighted by atomic mass is 9.88. The second kappa shape index (κ2) is 16.2. The van der Waals surface area contributed by atoms with E-state index in [2.05, 4.69) is 0 Å². The van der Waals surface area contributed by atoms with Gasteiger partial charge in [0.2, 0.25) is 34.6 Å². The monoisotopic (exact) mass is 534 g/mol. The number of hydrogen-bond acceptors (Lipinski definition) is 9. The maximum atomic E-state index is 12.3. The van der Waals surface area contributed by atoms with E-state index in [0.29, 0.717) is 23.1 Å². The predicted molar refractivity (Wildman–Crippen MR) is 147 cm³/mol. The van der Waals surface area contributed by atoms with Gasteiger partial charge in [0.15, 0.2) is 11.5 Å². The van der Waals surface area contributed by atoms with E-state index in [1.807, 2.05) is 34.6 Å². The molecular weight excluding hydrogens is 492 g/mol. The Kier molecular flexibility index (Phi) is 14.6. The van der Waals surface area contributed by atoms with Crippen LogP contribution in [0, 0.1) is 6.92 Å². The lowest BCUT2D eigenvalue weighted by Crippen LogP contribution is -2.25. The Labute approximate surface area is 225 Å². The fraction of sp³-hybridized carbons (Fsp3) is 0.448. The summed E-state index contributed by atoms with van der Waals surface area (Å²) in [5, 5.41) is 27.1. The number of methoxy groups -OCH3 is 4.